The lowest BCUT2D eigenvalue weighted by molar-refractivity contribution is 0.0938. The lowest BCUT2D eigenvalue weighted by Crippen LogP contribution is -2.55. The number of rotatable bonds is 9. The van der Waals surface area contributed by atoms with Crippen molar-refractivity contribution in [3.8, 4) is 6.07 Å². The number of halogens is 1. The van der Waals surface area contributed by atoms with Crippen molar-refractivity contribution >= 4 is 23.5 Å². The van der Waals surface area contributed by atoms with E-state index in [9.17, 15) is 14.4 Å². The van der Waals surface area contributed by atoms with Gasteiger partial charge in [0.25, 0.3) is 0 Å². The number of hydrogen-bond acceptors (Lipinski definition) is 7. The predicted octanol–water partition coefficient (Wildman–Crippen LogP) is 5.02. The second-order valence-electron chi connectivity index (χ2n) is 12.5. The third kappa shape index (κ3) is 5.99. The number of nitrogens with zero attached hydrogens (tertiary/aromatic N) is 3. The Morgan fingerprint density at radius 3 is 2.55 bits per heavy atom. The van der Waals surface area contributed by atoms with Crippen LogP contribution in [-0.4, -0.2) is 75.2 Å². The molecule has 0 spiro atoms. The molecule has 42 heavy (non-hydrogen) atoms. The van der Waals surface area contributed by atoms with Crippen LogP contribution in [0.2, 0.25) is 0 Å². The molecular formula is C33H42FN5O2S. The number of methoxy groups -OCH3 is 1. The van der Waals surface area contributed by atoms with E-state index in [-0.39, 0.29) is 23.7 Å². The first-order chi connectivity index (χ1) is 20.5. The largest absolute Gasteiger partial charge is 0.453 e. The first-order valence-corrected chi connectivity index (χ1v) is 16.3. The van der Waals surface area contributed by atoms with E-state index in [0.717, 1.165) is 83.5 Å². The van der Waals surface area contributed by atoms with Gasteiger partial charge >= 0.3 is 6.09 Å². The van der Waals surface area contributed by atoms with Crippen molar-refractivity contribution in [1.29, 1.82) is 5.26 Å². The van der Waals surface area contributed by atoms with Crippen molar-refractivity contribution in [2.75, 3.05) is 57.8 Å². The smallest absolute Gasteiger partial charge is 0.407 e. The fraction of sp³-hybridized carbons (Fsp3) is 0.576. The molecule has 1 amide bonds. The molecule has 9 heteroatoms. The van der Waals surface area contributed by atoms with Gasteiger partial charge in [-0.2, -0.15) is 5.26 Å². The molecule has 3 unspecified atom stereocenters. The van der Waals surface area contributed by atoms with Gasteiger partial charge in [-0.15, -0.1) is 11.8 Å². The molecular weight excluding hydrogens is 549 g/mol. The molecule has 0 bridgehead atoms. The van der Waals surface area contributed by atoms with Crippen LogP contribution in [0.1, 0.15) is 37.7 Å². The molecule has 6 rings (SSSR count). The van der Waals surface area contributed by atoms with E-state index < -0.39 is 11.5 Å². The minimum absolute atomic E-state index is 0.0877. The van der Waals surface area contributed by atoms with Gasteiger partial charge < -0.3 is 25.2 Å². The summed E-state index contributed by atoms with van der Waals surface area (Å²) in [6, 6.07) is 18.2. The number of nitriles is 1. The van der Waals surface area contributed by atoms with Crippen molar-refractivity contribution < 1.29 is 13.9 Å². The Balaban J connectivity index is 1.07. The third-order valence-electron chi connectivity index (χ3n) is 10.0. The number of nitrogens with one attached hydrogen (secondary N) is 2. The number of alkyl carbamates (subject to hydrolysis) is 1. The monoisotopic (exact) mass is 591 g/mol. The van der Waals surface area contributed by atoms with Gasteiger partial charge in [0.2, 0.25) is 0 Å². The standard InChI is InChI=1S/C33H42FN5O2S/c1-41-32(40)37-31-7-3-6-30(31)33(22-35,25-4-2-5-26(34)16-25)24-12-14-38(15-13-24)19-23-20-39(21-23)27-8-10-28(11-9-27)42-29-17-36-18-29/h2,4-5,8-11,16,23-24,29-31,36H,3,6-7,12-15,17-21H2,1H3,(H,37,40). The number of thioether (sulfide) groups is 1. The fourth-order valence-electron chi connectivity index (χ4n) is 7.73. The summed E-state index contributed by atoms with van der Waals surface area (Å²) < 4.78 is 19.4. The summed E-state index contributed by atoms with van der Waals surface area (Å²) in [5.41, 5.74) is 1.19. The van der Waals surface area contributed by atoms with Gasteiger partial charge in [0.15, 0.2) is 0 Å². The highest BCUT2D eigenvalue weighted by Crippen LogP contribution is 2.50. The molecule has 7 nitrogen and oxygen atoms in total. The highest BCUT2D eigenvalue weighted by atomic mass is 32.2. The number of benzene rings is 2. The number of anilines is 1. The van der Waals surface area contributed by atoms with Crippen LogP contribution in [0.4, 0.5) is 14.9 Å². The molecule has 1 saturated carbocycles. The van der Waals surface area contributed by atoms with Crippen molar-refractivity contribution in [2.45, 2.75) is 53.7 Å². The molecule has 2 N–H and O–H groups in total. The molecule has 3 atom stereocenters. The lowest BCUT2D eigenvalue weighted by atomic mass is 9.59. The van der Waals surface area contributed by atoms with Gasteiger partial charge in [-0.3, -0.25) is 0 Å². The van der Waals surface area contributed by atoms with Crippen LogP contribution in [0.5, 0.6) is 0 Å². The molecule has 0 aromatic heterocycles. The van der Waals surface area contributed by atoms with Crippen LogP contribution in [0, 0.1) is 34.9 Å². The summed E-state index contributed by atoms with van der Waals surface area (Å²) in [6.45, 7) is 7.30. The fourth-order valence-corrected chi connectivity index (χ4v) is 8.81. The van der Waals surface area contributed by atoms with Gasteiger partial charge in [-0.05, 0) is 86.7 Å². The van der Waals surface area contributed by atoms with Crippen LogP contribution < -0.4 is 15.5 Å². The van der Waals surface area contributed by atoms with Crippen LogP contribution >= 0.6 is 11.8 Å². The van der Waals surface area contributed by atoms with E-state index in [2.05, 4.69) is 50.8 Å². The first-order valence-electron chi connectivity index (χ1n) is 15.4. The summed E-state index contributed by atoms with van der Waals surface area (Å²) in [7, 11) is 1.37. The van der Waals surface area contributed by atoms with Crippen LogP contribution in [0.3, 0.4) is 0 Å². The van der Waals surface area contributed by atoms with E-state index in [4.69, 9.17) is 4.74 Å². The van der Waals surface area contributed by atoms with Crippen LogP contribution in [0.15, 0.2) is 53.4 Å². The normalized spacial score (nSPS) is 25.2. The van der Waals surface area contributed by atoms with E-state index in [1.807, 2.05) is 17.8 Å². The molecule has 4 aliphatic rings. The molecule has 3 heterocycles. The quantitative estimate of drug-likeness (QED) is 0.424. The van der Waals surface area contributed by atoms with Crippen molar-refractivity contribution in [1.82, 2.24) is 15.5 Å². The molecule has 2 aromatic rings. The van der Waals surface area contributed by atoms with Crippen molar-refractivity contribution in [3.63, 3.8) is 0 Å². The number of carbonyl (C=O) groups excluding carboxylic acids is 1. The number of hydrogen-bond donors (Lipinski definition) is 2. The van der Waals surface area contributed by atoms with Gasteiger partial charge in [0.1, 0.15) is 5.82 Å². The Morgan fingerprint density at radius 2 is 1.90 bits per heavy atom. The molecule has 0 radical (unpaired) electrons. The average molecular weight is 592 g/mol. The molecule has 224 valence electrons. The Labute approximate surface area is 253 Å². The molecule has 3 aliphatic heterocycles. The summed E-state index contributed by atoms with van der Waals surface area (Å²) >= 11 is 1.96. The molecule has 4 fully saturated rings. The zero-order valence-corrected chi connectivity index (χ0v) is 25.3. The lowest BCUT2D eigenvalue weighted by Gasteiger charge is -2.48. The average Bonchev–Trinajstić information content (AvgIpc) is 3.42. The summed E-state index contributed by atoms with van der Waals surface area (Å²) in [4.78, 5) is 18.5. The Kier molecular flexibility index (Phi) is 8.94. The van der Waals surface area contributed by atoms with Crippen molar-refractivity contribution in [3.05, 3.63) is 59.9 Å². The van der Waals surface area contributed by atoms with Gasteiger partial charge in [-0.25, -0.2) is 9.18 Å². The summed E-state index contributed by atoms with van der Waals surface area (Å²) in [5, 5.41) is 17.9. The third-order valence-corrected chi connectivity index (χ3v) is 11.2. The van der Waals surface area contributed by atoms with Crippen LogP contribution in [-0.2, 0) is 10.2 Å². The number of likely N-dealkylation sites (tertiary alicyclic amines) is 1. The minimum Gasteiger partial charge on any atom is -0.453 e. The zero-order chi connectivity index (χ0) is 29.1. The molecule has 3 saturated heterocycles. The van der Waals surface area contributed by atoms with Crippen LogP contribution in [0.25, 0.3) is 0 Å². The SMILES string of the molecule is COC(=O)NC1CCCC1C(C#N)(c1cccc(F)c1)C1CCN(CC2CN(c3ccc(SC4CNC4)cc3)C2)CC1. The number of amides is 1. The topological polar surface area (TPSA) is 80.6 Å². The second kappa shape index (κ2) is 12.8. The van der Waals surface area contributed by atoms with E-state index >= 15 is 0 Å². The minimum atomic E-state index is -0.858. The Bertz CT molecular complexity index is 1270. The number of ether oxygens (including phenoxy) is 1. The molecule has 2 aromatic carbocycles. The second-order valence-corrected chi connectivity index (χ2v) is 13.9. The number of piperidine rings is 1. The number of carbonyl (C=O) groups is 1. The Hall–Kier alpha value is -2.80. The highest BCUT2D eigenvalue weighted by Gasteiger charge is 2.52. The van der Waals surface area contributed by atoms with E-state index in [1.54, 1.807) is 12.1 Å². The summed E-state index contributed by atoms with van der Waals surface area (Å²) in [5.74, 6) is 0.327. The van der Waals surface area contributed by atoms with E-state index in [0.29, 0.717) is 11.2 Å². The maximum absolute atomic E-state index is 14.5. The van der Waals surface area contributed by atoms with E-state index in [1.165, 1.54) is 23.8 Å². The Morgan fingerprint density at radius 1 is 1.14 bits per heavy atom. The van der Waals surface area contributed by atoms with Gasteiger partial charge in [0.05, 0.1) is 18.6 Å². The first kappa shape index (κ1) is 29.3. The molecule has 1 aliphatic carbocycles. The zero-order valence-electron chi connectivity index (χ0n) is 24.4. The van der Waals surface area contributed by atoms with Crippen molar-refractivity contribution in [2.24, 2.45) is 17.8 Å². The predicted molar refractivity (Wildman–Crippen MR) is 164 cm³/mol. The summed E-state index contributed by atoms with van der Waals surface area (Å²) in [6.07, 6.45) is 3.86. The van der Waals surface area contributed by atoms with Gasteiger partial charge in [0, 0.05) is 66.4 Å². The van der Waals surface area contributed by atoms with Gasteiger partial charge in [-0.1, -0.05) is 18.6 Å². The maximum Gasteiger partial charge on any atom is 0.407 e. The highest BCUT2D eigenvalue weighted by molar-refractivity contribution is 8.00. The maximum atomic E-state index is 14.5.